The second-order valence-corrected chi connectivity index (χ2v) is 5.27. The normalized spacial score (nSPS) is 10.3. The minimum atomic E-state index is -0.494. The van der Waals surface area contributed by atoms with Crippen LogP contribution in [-0.2, 0) is 4.79 Å². The van der Waals surface area contributed by atoms with Crippen molar-refractivity contribution < 1.29 is 14.3 Å². The van der Waals surface area contributed by atoms with Gasteiger partial charge in [-0.2, -0.15) is 0 Å². The summed E-state index contributed by atoms with van der Waals surface area (Å²) in [5.41, 5.74) is 12.3. The first-order valence-electron chi connectivity index (χ1n) is 7.96. The van der Waals surface area contributed by atoms with E-state index < -0.39 is 5.97 Å². The van der Waals surface area contributed by atoms with Gasteiger partial charge < -0.3 is 21.5 Å². The molecule has 2 rings (SSSR count). The number of nitrogens with one attached hydrogen (secondary N) is 1. The monoisotopic (exact) mass is 352 g/mol. The van der Waals surface area contributed by atoms with Crippen LogP contribution in [0.2, 0.25) is 0 Å². The highest BCUT2D eigenvalue weighted by atomic mass is 16.5. The Morgan fingerprint density at radius 1 is 1.08 bits per heavy atom. The van der Waals surface area contributed by atoms with Crippen molar-refractivity contribution in [3.8, 4) is 5.75 Å². The zero-order valence-corrected chi connectivity index (χ0v) is 14.3. The molecule has 0 spiro atoms. The molecular formula is C19H20N4O3. The number of carbonyl (C=O) groups excluding carboxylic acids is 2. The molecule has 0 radical (unpaired) electrons. The number of nitrogens with two attached hydrogens (primary N) is 2. The van der Waals surface area contributed by atoms with Crippen molar-refractivity contribution in [1.82, 2.24) is 5.32 Å². The number of hydrogen-bond acceptors (Lipinski definition) is 4. The van der Waals surface area contributed by atoms with Crippen LogP contribution < -0.4 is 21.5 Å². The predicted octanol–water partition coefficient (Wildman–Crippen LogP) is 1.96. The number of nitrogens with zero attached hydrogens (tertiary/aromatic N) is 1. The molecular weight excluding hydrogens is 332 g/mol. The van der Waals surface area contributed by atoms with E-state index in [1.54, 1.807) is 54.6 Å². The summed E-state index contributed by atoms with van der Waals surface area (Å²) in [5, 5.41) is 2.67. The Hall–Kier alpha value is -3.61. The van der Waals surface area contributed by atoms with E-state index in [9.17, 15) is 9.59 Å². The first-order valence-corrected chi connectivity index (χ1v) is 7.96. The van der Waals surface area contributed by atoms with Gasteiger partial charge in [0.15, 0.2) is 5.96 Å². The molecule has 0 saturated carbocycles. The van der Waals surface area contributed by atoms with Crippen molar-refractivity contribution in [1.29, 1.82) is 0 Å². The lowest BCUT2D eigenvalue weighted by molar-refractivity contribution is -0.116. The quantitative estimate of drug-likeness (QED) is 0.241. The number of benzene rings is 2. The Balaban J connectivity index is 1.99. The van der Waals surface area contributed by atoms with Gasteiger partial charge in [-0.05, 0) is 55.0 Å². The van der Waals surface area contributed by atoms with Crippen molar-refractivity contribution in [2.45, 2.75) is 6.92 Å². The zero-order valence-electron chi connectivity index (χ0n) is 14.3. The number of esters is 1. The smallest absolute Gasteiger partial charge is 0.343 e. The molecule has 7 heteroatoms. The molecule has 0 bridgehead atoms. The van der Waals surface area contributed by atoms with Gasteiger partial charge in [-0.25, -0.2) is 9.79 Å². The van der Waals surface area contributed by atoms with E-state index in [-0.39, 0.29) is 11.9 Å². The predicted molar refractivity (Wildman–Crippen MR) is 101 cm³/mol. The van der Waals surface area contributed by atoms with Gasteiger partial charge in [-0.1, -0.05) is 12.1 Å². The molecule has 7 nitrogen and oxygen atoms in total. The van der Waals surface area contributed by atoms with Crippen molar-refractivity contribution >= 4 is 29.6 Å². The number of hydrogen-bond donors (Lipinski definition) is 3. The molecule has 5 N–H and O–H groups in total. The SMILES string of the molecule is CCNC(=O)/C=C/c1ccc(OC(=O)c2ccc(N=C(N)N)cc2)cc1. The molecule has 2 aromatic rings. The maximum atomic E-state index is 12.1. The van der Waals surface area contributed by atoms with Crippen LogP contribution in [0.1, 0.15) is 22.8 Å². The maximum Gasteiger partial charge on any atom is 0.343 e. The summed E-state index contributed by atoms with van der Waals surface area (Å²) in [6.45, 7) is 2.42. The van der Waals surface area contributed by atoms with Crippen LogP contribution in [0.4, 0.5) is 5.69 Å². The first-order chi connectivity index (χ1) is 12.5. The molecule has 0 aromatic heterocycles. The van der Waals surface area contributed by atoms with Gasteiger partial charge in [-0.15, -0.1) is 0 Å². The van der Waals surface area contributed by atoms with Crippen LogP contribution in [0.25, 0.3) is 6.08 Å². The standard InChI is InChI=1S/C19H20N4O3/c1-2-22-17(24)12-5-13-3-10-16(11-4-13)26-18(25)14-6-8-15(9-7-14)23-19(20)21/h3-12H,2H2,1H3,(H,22,24)(H4,20,21,23)/b12-5+. The minimum absolute atomic E-state index is 0.0540. The Kier molecular flexibility index (Phi) is 6.50. The number of amides is 1. The molecule has 0 aliphatic heterocycles. The molecule has 0 heterocycles. The van der Waals surface area contributed by atoms with Gasteiger partial charge in [0.1, 0.15) is 5.75 Å². The zero-order chi connectivity index (χ0) is 18.9. The Morgan fingerprint density at radius 3 is 2.31 bits per heavy atom. The summed E-state index contributed by atoms with van der Waals surface area (Å²) in [7, 11) is 0. The van der Waals surface area contributed by atoms with Crippen LogP contribution in [-0.4, -0.2) is 24.4 Å². The molecule has 0 aliphatic carbocycles. The Labute approximate surface area is 151 Å². The van der Waals surface area contributed by atoms with Crippen LogP contribution in [0.5, 0.6) is 5.75 Å². The second-order valence-electron chi connectivity index (χ2n) is 5.27. The fraction of sp³-hybridized carbons (Fsp3) is 0.105. The maximum absolute atomic E-state index is 12.1. The van der Waals surface area contributed by atoms with Crippen molar-refractivity contribution in [3.05, 3.63) is 65.7 Å². The number of carbonyl (C=O) groups is 2. The highest BCUT2D eigenvalue weighted by molar-refractivity contribution is 5.92. The molecule has 0 aliphatic rings. The average molecular weight is 352 g/mol. The van der Waals surface area contributed by atoms with Gasteiger partial charge in [0.25, 0.3) is 0 Å². The summed E-state index contributed by atoms with van der Waals surface area (Å²) in [5.74, 6) is -0.306. The highest BCUT2D eigenvalue weighted by Gasteiger charge is 2.08. The molecule has 0 saturated heterocycles. The van der Waals surface area contributed by atoms with E-state index in [0.717, 1.165) is 5.56 Å². The van der Waals surface area contributed by atoms with Crippen molar-refractivity contribution in [2.24, 2.45) is 16.5 Å². The minimum Gasteiger partial charge on any atom is -0.423 e. The first kappa shape index (κ1) is 18.7. The molecule has 0 fully saturated rings. The van der Waals surface area contributed by atoms with Gasteiger partial charge in [0.05, 0.1) is 11.3 Å². The number of rotatable bonds is 6. The Morgan fingerprint density at radius 2 is 1.73 bits per heavy atom. The molecule has 26 heavy (non-hydrogen) atoms. The molecule has 2 aromatic carbocycles. The van der Waals surface area contributed by atoms with Crippen molar-refractivity contribution in [3.63, 3.8) is 0 Å². The lowest BCUT2D eigenvalue weighted by Crippen LogP contribution is -2.21. The summed E-state index contributed by atoms with van der Waals surface area (Å²) >= 11 is 0. The van der Waals surface area contributed by atoms with E-state index in [2.05, 4.69) is 10.3 Å². The van der Waals surface area contributed by atoms with Crippen LogP contribution in [0.3, 0.4) is 0 Å². The topological polar surface area (TPSA) is 120 Å². The van der Waals surface area contributed by atoms with Crippen LogP contribution in [0, 0.1) is 0 Å². The average Bonchev–Trinajstić information content (AvgIpc) is 2.61. The van der Waals surface area contributed by atoms with E-state index in [4.69, 9.17) is 16.2 Å². The van der Waals surface area contributed by atoms with E-state index >= 15 is 0 Å². The summed E-state index contributed by atoms with van der Waals surface area (Å²) in [6, 6.07) is 13.2. The fourth-order valence-corrected chi connectivity index (χ4v) is 2.04. The van der Waals surface area contributed by atoms with Gasteiger partial charge >= 0.3 is 5.97 Å². The van der Waals surface area contributed by atoms with Crippen molar-refractivity contribution in [2.75, 3.05) is 6.54 Å². The molecule has 1 amide bonds. The number of likely N-dealkylation sites (N-methyl/N-ethyl adjacent to an activating group) is 1. The third-order valence-corrected chi connectivity index (χ3v) is 3.23. The molecule has 134 valence electrons. The Bertz CT molecular complexity index is 821. The highest BCUT2D eigenvalue weighted by Crippen LogP contribution is 2.17. The van der Waals surface area contributed by atoms with Gasteiger partial charge in [-0.3, -0.25) is 4.79 Å². The third kappa shape index (κ3) is 5.79. The lowest BCUT2D eigenvalue weighted by atomic mass is 10.2. The summed E-state index contributed by atoms with van der Waals surface area (Å²) < 4.78 is 5.31. The number of guanidine groups is 1. The van der Waals surface area contributed by atoms with E-state index in [1.165, 1.54) is 6.08 Å². The molecule has 0 atom stereocenters. The van der Waals surface area contributed by atoms with Gasteiger partial charge in [0.2, 0.25) is 5.91 Å². The fourth-order valence-electron chi connectivity index (χ4n) is 2.04. The summed E-state index contributed by atoms with van der Waals surface area (Å²) in [6.07, 6.45) is 3.13. The third-order valence-electron chi connectivity index (χ3n) is 3.23. The number of aliphatic imine (C=N–C) groups is 1. The van der Waals surface area contributed by atoms with Crippen LogP contribution in [0.15, 0.2) is 59.6 Å². The van der Waals surface area contributed by atoms with Gasteiger partial charge in [0, 0.05) is 12.6 Å². The van der Waals surface area contributed by atoms with Crippen LogP contribution >= 0.6 is 0 Å². The largest absolute Gasteiger partial charge is 0.423 e. The van der Waals surface area contributed by atoms with E-state index in [1.807, 2.05) is 6.92 Å². The second kappa shape index (κ2) is 9.03. The number of ether oxygens (including phenoxy) is 1. The molecule has 0 unspecified atom stereocenters. The lowest BCUT2D eigenvalue weighted by Gasteiger charge is -2.05. The summed E-state index contributed by atoms with van der Waals surface area (Å²) in [4.78, 5) is 27.4. The van der Waals surface area contributed by atoms with E-state index in [0.29, 0.717) is 23.5 Å².